The molecule has 5 unspecified atom stereocenters. The highest BCUT2D eigenvalue weighted by Crippen LogP contribution is 2.45. The first-order valence-electron chi connectivity index (χ1n) is 39.4. The molecule has 0 aliphatic carbocycles. The molecule has 0 heterocycles. The largest absolute Gasteiger partial charge is 0.472 e. The van der Waals surface area contributed by atoms with E-state index in [-0.39, 0.29) is 25.7 Å². The van der Waals surface area contributed by atoms with Crippen molar-refractivity contribution in [3.8, 4) is 0 Å². The summed E-state index contributed by atoms with van der Waals surface area (Å²) in [5, 5.41) is 10.6. The average molecular weight is 1470 g/mol. The Morgan fingerprint density at radius 3 is 0.794 bits per heavy atom. The highest BCUT2D eigenvalue weighted by molar-refractivity contribution is 7.47. The van der Waals surface area contributed by atoms with Crippen molar-refractivity contribution in [1.29, 1.82) is 0 Å². The molecule has 0 amide bonds. The van der Waals surface area contributed by atoms with Crippen LogP contribution < -0.4 is 0 Å². The SMILES string of the molecule is CC/C=C\C/C=C\C/C=C\C/C=C\C/C=C\CCCCCC(=O)OCC(COP(=O)(O)OCC(O)COP(=O)(O)OCC(COC(=O)CCCCCCC/C=C\C/C=C\C/C=C\CC)OC(=O)CCCCCCCCCCCCCCC)OC(=O)CCCCCCC/C=C\C/C=C\C/C=C\CC. The molecule has 0 aliphatic rings. The molecular formula is C83H140O17P2. The number of allylic oxidation sites excluding steroid dienone is 22. The zero-order chi connectivity index (χ0) is 74.6. The summed E-state index contributed by atoms with van der Waals surface area (Å²) in [6.45, 7) is 4.47. The Bertz CT molecular complexity index is 2460. The number of esters is 4. The fourth-order valence-corrected chi connectivity index (χ4v) is 11.8. The Kier molecular flexibility index (Phi) is 71.0. The topological polar surface area (TPSA) is 237 Å². The molecular weight excluding hydrogens is 1330 g/mol. The number of hydrogen-bond acceptors (Lipinski definition) is 15. The Balaban J connectivity index is 5.40. The lowest BCUT2D eigenvalue weighted by Crippen LogP contribution is -2.30. The van der Waals surface area contributed by atoms with E-state index in [9.17, 15) is 43.2 Å². The van der Waals surface area contributed by atoms with Gasteiger partial charge in [-0.2, -0.15) is 0 Å². The van der Waals surface area contributed by atoms with Gasteiger partial charge in [0.15, 0.2) is 12.2 Å². The van der Waals surface area contributed by atoms with Gasteiger partial charge in [-0.15, -0.1) is 0 Å². The van der Waals surface area contributed by atoms with Gasteiger partial charge in [0.05, 0.1) is 26.4 Å². The number of carbonyl (C=O) groups is 4. The summed E-state index contributed by atoms with van der Waals surface area (Å²) < 4.78 is 68.5. The number of aliphatic hydroxyl groups excluding tert-OH is 1. The number of hydrogen-bond donors (Lipinski definition) is 3. The van der Waals surface area contributed by atoms with Crippen LogP contribution in [0.5, 0.6) is 0 Å². The van der Waals surface area contributed by atoms with E-state index in [0.717, 1.165) is 180 Å². The third-order valence-corrected chi connectivity index (χ3v) is 18.0. The third kappa shape index (κ3) is 73.5. The fourth-order valence-electron chi connectivity index (χ4n) is 10.2. The Hall–Kier alpha value is -4.80. The molecule has 0 saturated heterocycles. The van der Waals surface area contributed by atoms with Crippen molar-refractivity contribution in [2.45, 2.75) is 329 Å². The van der Waals surface area contributed by atoms with Crippen LogP contribution in [0.3, 0.4) is 0 Å². The van der Waals surface area contributed by atoms with Crippen LogP contribution in [0, 0.1) is 0 Å². The number of rotatable bonds is 73. The van der Waals surface area contributed by atoms with Crippen LogP contribution >= 0.6 is 15.6 Å². The fraction of sp³-hybridized carbons (Fsp3) is 0.687. The highest BCUT2D eigenvalue weighted by Gasteiger charge is 2.30. The molecule has 0 bridgehead atoms. The van der Waals surface area contributed by atoms with E-state index in [1.807, 2.05) is 0 Å². The summed E-state index contributed by atoms with van der Waals surface area (Å²) >= 11 is 0. The van der Waals surface area contributed by atoms with Crippen LogP contribution in [0.25, 0.3) is 0 Å². The number of unbranched alkanes of at least 4 members (excludes halogenated alkanes) is 25. The van der Waals surface area contributed by atoms with E-state index in [1.54, 1.807) is 0 Å². The van der Waals surface area contributed by atoms with E-state index in [4.69, 9.17) is 37.0 Å². The lowest BCUT2D eigenvalue weighted by Gasteiger charge is -2.21. The minimum Gasteiger partial charge on any atom is -0.462 e. The molecule has 584 valence electrons. The van der Waals surface area contributed by atoms with Crippen LogP contribution in [-0.4, -0.2) is 96.7 Å². The van der Waals surface area contributed by atoms with Gasteiger partial charge in [0.25, 0.3) is 0 Å². The van der Waals surface area contributed by atoms with Crippen LogP contribution in [0.2, 0.25) is 0 Å². The van der Waals surface area contributed by atoms with Crippen molar-refractivity contribution in [3.63, 3.8) is 0 Å². The van der Waals surface area contributed by atoms with Gasteiger partial charge in [-0.3, -0.25) is 37.3 Å². The van der Waals surface area contributed by atoms with Gasteiger partial charge in [-0.1, -0.05) is 283 Å². The smallest absolute Gasteiger partial charge is 0.462 e. The zero-order valence-corrected chi connectivity index (χ0v) is 65.5. The quantitative estimate of drug-likeness (QED) is 0.0169. The molecule has 0 spiro atoms. The second-order valence-electron chi connectivity index (χ2n) is 25.9. The van der Waals surface area contributed by atoms with Crippen molar-refractivity contribution >= 4 is 39.5 Å². The van der Waals surface area contributed by atoms with E-state index in [0.29, 0.717) is 25.7 Å². The van der Waals surface area contributed by atoms with E-state index >= 15 is 0 Å². The van der Waals surface area contributed by atoms with E-state index < -0.39 is 97.5 Å². The molecule has 19 heteroatoms. The maximum absolute atomic E-state index is 13.1. The number of aliphatic hydroxyl groups is 1. The predicted molar refractivity (Wildman–Crippen MR) is 418 cm³/mol. The molecule has 0 aromatic carbocycles. The van der Waals surface area contributed by atoms with E-state index in [2.05, 4.69) is 161 Å². The second kappa shape index (κ2) is 74.5. The second-order valence-corrected chi connectivity index (χ2v) is 28.8. The Labute approximate surface area is 618 Å². The molecule has 3 N–H and O–H groups in total. The molecule has 0 aromatic heterocycles. The molecule has 17 nitrogen and oxygen atoms in total. The first-order valence-corrected chi connectivity index (χ1v) is 42.4. The monoisotopic (exact) mass is 1470 g/mol. The molecule has 0 fully saturated rings. The highest BCUT2D eigenvalue weighted by atomic mass is 31.2. The predicted octanol–water partition coefficient (Wildman–Crippen LogP) is 22.9. The van der Waals surface area contributed by atoms with Gasteiger partial charge in [0.1, 0.15) is 19.3 Å². The maximum Gasteiger partial charge on any atom is 0.472 e. The summed E-state index contributed by atoms with van der Waals surface area (Å²) in [5.74, 6) is -2.24. The van der Waals surface area contributed by atoms with Gasteiger partial charge in [-0.25, -0.2) is 9.13 Å². The van der Waals surface area contributed by atoms with Crippen LogP contribution in [0.1, 0.15) is 310 Å². The lowest BCUT2D eigenvalue weighted by molar-refractivity contribution is -0.161. The van der Waals surface area contributed by atoms with Crippen LogP contribution in [0.15, 0.2) is 134 Å². The third-order valence-electron chi connectivity index (χ3n) is 16.1. The van der Waals surface area contributed by atoms with Gasteiger partial charge in [0, 0.05) is 25.7 Å². The normalized spacial score (nSPS) is 14.6. The minimum atomic E-state index is -4.99. The standard InChI is InChI=1S/C83H140O17P2/c1-5-9-13-17-21-25-29-33-36-37-38-39-42-45-48-52-56-60-64-68-81(86)94-74-79(100-83(88)70-66-62-58-54-50-46-41-35-31-27-23-19-15-11-7-3)76-98-102(91,92)96-72-77(84)71-95-101(89,90)97-75-78(99-82(87)69-65-61-57-53-49-43-32-28-24-20-16-12-8-4)73-93-80(85)67-63-59-55-51-47-44-40-34-30-26-22-18-14-10-6-2/h9-11,13-15,21-23,25-27,33-36,38-41,45,48,77-79,84H,5-8,12,16-20,24,28-32,37,42-44,46-47,49-76H2,1-4H3,(H,89,90)(H,91,92)/b13-9-,14-10-,15-11-,25-21-,26-22-,27-23-,36-33-,39-38-,40-34-,41-35-,48-45-. The van der Waals surface area contributed by atoms with E-state index in [1.165, 1.54) is 51.4 Å². The molecule has 0 aromatic rings. The summed E-state index contributed by atoms with van der Waals surface area (Å²) in [6, 6.07) is 0. The Morgan fingerprint density at radius 1 is 0.284 bits per heavy atom. The molecule has 102 heavy (non-hydrogen) atoms. The molecule has 5 atom stereocenters. The van der Waals surface area contributed by atoms with Gasteiger partial charge in [0.2, 0.25) is 0 Å². The molecule has 0 rings (SSSR count). The first-order chi connectivity index (χ1) is 49.7. The summed E-state index contributed by atoms with van der Waals surface area (Å²) in [7, 11) is -9.98. The maximum atomic E-state index is 13.1. The van der Waals surface area contributed by atoms with Crippen molar-refractivity contribution in [1.82, 2.24) is 0 Å². The van der Waals surface area contributed by atoms with Crippen molar-refractivity contribution in [3.05, 3.63) is 134 Å². The van der Waals surface area contributed by atoms with Gasteiger partial charge >= 0.3 is 39.5 Å². The zero-order valence-electron chi connectivity index (χ0n) is 63.7. The molecule has 0 aliphatic heterocycles. The number of phosphoric ester groups is 2. The first kappa shape index (κ1) is 97.2. The number of carbonyl (C=O) groups excluding carboxylic acids is 4. The van der Waals surface area contributed by atoms with Gasteiger partial charge < -0.3 is 33.8 Å². The number of ether oxygens (including phenoxy) is 4. The van der Waals surface area contributed by atoms with Crippen LogP contribution in [0.4, 0.5) is 0 Å². The van der Waals surface area contributed by atoms with Crippen molar-refractivity contribution in [2.75, 3.05) is 39.6 Å². The number of phosphoric acid groups is 2. The lowest BCUT2D eigenvalue weighted by atomic mass is 10.0. The average Bonchev–Trinajstić information content (AvgIpc) is 0.924. The van der Waals surface area contributed by atoms with Crippen molar-refractivity contribution in [2.24, 2.45) is 0 Å². The summed E-state index contributed by atoms with van der Waals surface area (Å²) in [4.78, 5) is 73.0. The summed E-state index contributed by atoms with van der Waals surface area (Å²) in [5.41, 5.74) is 0. The molecule has 0 radical (unpaired) electrons. The van der Waals surface area contributed by atoms with Gasteiger partial charge in [-0.05, 0) is 135 Å². The Morgan fingerprint density at radius 2 is 0.510 bits per heavy atom. The summed E-state index contributed by atoms with van der Waals surface area (Å²) in [6.07, 6.45) is 82.9. The van der Waals surface area contributed by atoms with Crippen molar-refractivity contribution < 1.29 is 80.2 Å². The van der Waals surface area contributed by atoms with Crippen LogP contribution in [-0.2, 0) is 65.4 Å². The molecule has 0 saturated carbocycles. The minimum absolute atomic E-state index is 0.0645.